The van der Waals surface area contributed by atoms with E-state index in [0.717, 1.165) is 5.75 Å². The lowest BCUT2D eigenvalue weighted by molar-refractivity contribution is 0.107. The zero-order chi connectivity index (χ0) is 10.5. The van der Waals surface area contributed by atoms with Crippen LogP contribution in [0.2, 0.25) is 0 Å². The van der Waals surface area contributed by atoms with Crippen molar-refractivity contribution >= 4 is 22.2 Å². The Balaban J connectivity index is 0. The van der Waals surface area contributed by atoms with Gasteiger partial charge in [0.1, 0.15) is 0 Å². The fourth-order valence-corrected chi connectivity index (χ4v) is 1.66. The van der Waals surface area contributed by atoms with Crippen molar-refractivity contribution in [3.63, 3.8) is 0 Å². The van der Waals surface area contributed by atoms with Crippen LogP contribution in [0.15, 0.2) is 0 Å². The first-order valence-corrected chi connectivity index (χ1v) is 6.76. The molecule has 0 saturated carbocycles. The Bertz CT molecular complexity index is 71.5. The standard InChI is InChI=1S/C6H16O3Si.C2H6S/c1-4-7-10(8-5-2)9-6-3;1-2-3/h10H,4-6H2,1-3H3;3H,2H2,1H3. The predicted octanol–water partition coefficient (Wildman–Crippen LogP) is 1.75. The molecular formula is C8H22O3SSi. The summed E-state index contributed by atoms with van der Waals surface area (Å²) in [6.45, 7) is 9.85. The molecular weight excluding hydrogens is 204 g/mol. The van der Waals surface area contributed by atoms with Gasteiger partial charge in [0.25, 0.3) is 0 Å². The minimum atomic E-state index is -1.73. The Hall–Kier alpha value is 0.447. The maximum absolute atomic E-state index is 5.22. The van der Waals surface area contributed by atoms with Gasteiger partial charge < -0.3 is 13.3 Å². The summed E-state index contributed by atoms with van der Waals surface area (Å²) in [4.78, 5) is 0. The molecule has 0 spiro atoms. The van der Waals surface area contributed by atoms with Crippen molar-refractivity contribution in [2.24, 2.45) is 0 Å². The van der Waals surface area contributed by atoms with Gasteiger partial charge in [-0.15, -0.1) is 0 Å². The first kappa shape index (κ1) is 15.9. The number of hydrogen-bond acceptors (Lipinski definition) is 4. The summed E-state index contributed by atoms with van der Waals surface area (Å²) in [6.07, 6.45) is 0. The Morgan fingerprint density at radius 1 is 0.846 bits per heavy atom. The normalized spacial score (nSPS) is 9.69. The zero-order valence-corrected chi connectivity index (χ0v) is 11.1. The summed E-state index contributed by atoms with van der Waals surface area (Å²) in [5.41, 5.74) is 0. The first-order valence-electron chi connectivity index (χ1n) is 4.72. The molecule has 0 aliphatic rings. The highest BCUT2D eigenvalue weighted by Crippen LogP contribution is 1.90. The highest BCUT2D eigenvalue weighted by Gasteiger charge is 2.11. The van der Waals surface area contributed by atoms with Crippen LogP contribution in [0.4, 0.5) is 0 Å². The van der Waals surface area contributed by atoms with Gasteiger partial charge in [0.15, 0.2) is 0 Å². The van der Waals surface area contributed by atoms with Gasteiger partial charge in [0.2, 0.25) is 0 Å². The molecule has 0 bridgehead atoms. The summed E-state index contributed by atoms with van der Waals surface area (Å²) in [6, 6.07) is 0. The lowest BCUT2D eigenvalue weighted by Gasteiger charge is -2.12. The third-order valence-corrected chi connectivity index (χ3v) is 2.72. The fraction of sp³-hybridized carbons (Fsp3) is 1.00. The van der Waals surface area contributed by atoms with Crippen LogP contribution >= 0.6 is 12.6 Å². The number of rotatable bonds is 6. The third kappa shape index (κ3) is 15.2. The lowest BCUT2D eigenvalue weighted by Crippen LogP contribution is -2.27. The van der Waals surface area contributed by atoms with E-state index in [9.17, 15) is 0 Å². The summed E-state index contributed by atoms with van der Waals surface area (Å²) in [5, 5.41) is 0. The highest BCUT2D eigenvalue weighted by molar-refractivity contribution is 7.80. The van der Waals surface area contributed by atoms with Crippen molar-refractivity contribution in [3.05, 3.63) is 0 Å². The van der Waals surface area contributed by atoms with Gasteiger partial charge in [-0.2, -0.15) is 12.6 Å². The zero-order valence-electron chi connectivity index (χ0n) is 9.08. The Kier molecular flexibility index (Phi) is 18.3. The SMILES string of the molecule is CCO[SiH](OCC)OCC.CCS. The summed E-state index contributed by atoms with van der Waals surface area (Å²) in [7, 11) is -1.73. The summed E-state index contributed by atoms with van der Waals surface area (Å²) in [5.74, 6) is 0.944. The average Bonchev–Trinajstić information content (AvgIpc) is 2.07. The molecule has 0 fully saturated rings. The van der Waals surface area contributed by atoms with Crippen LogP contribution in [0, 0.1) is 0 Å². The molecule has 5 heteroatoms. The Morgan fingerprint density at radius 3 is 1.23 bits per heavy atom. The second kappa shape index (κ2) is 14.9. The van der Waals surface area contributed by atoms with Crippen LogP contribution in [0.3, 0.4) is 0 Å². The minimum absolute atomic E-state index is 0.677. The van der Waals surface area contributed by atoms with Crippen LogP contribution in [0.25, 0.3) is 0 Å². The molecule has 0 aromatic carbocycles. The van der Waals surface area contributed by atoms with Crippen molar-refractivity contribution in [3.8, 4) is 0 Å². The molecule has 13 heavy (non-hydrogen) atoms. The van der Waals surface area contributed by atoms with Crippen molar-refractivity contribution in [1.29, 1.82) is 0 Å². The van der Waals surface area contributed by atoms with Gasteiger partial charge in [0.05, 0.1) is 0 Å². The largest absolute Gasteiger partial charge is 0.484 e. The van der Waals surface area contributed by atoms with Gasteiger partial charge in [-0.05, 0) is 26.5 Å². The molecule has 0 aliphatic heterocycles. The second-order valence-electron chi connectivity index (χ2n) is 1.97. The molecule has 3 nitrogen and oxygen atoms in total. The van der Waals surface area contributed by atoms with Crippen LogP contribution in [-0.4, -0.2) is 35.1 Å². The molecule has 0 heterocycles. The molecule has 0 radical (unpaired) electrons. The molecule has 0 aromatic heterocycles. The van der Waals surface area contributed by atoms with E-state index >= 15 is 0 Å². The highest BCUT2D eigenvalue weighted by atomic mass is 32.1. The molecule has 0 aliphatic carbocycles. The Morgan fingerprint density at radius 2 is 1.08 bits per heavy atom. The maximum Gasteiger partial charge on any atom is 0.484 e. The third-order valence-electron chi connectivity index (χ3n) is 0.908. The van der Waals surface area contributed by atoms with E-state index in [-0.39, 0.29) is 0 Å². The van der Waals surface area contributed by atoms with Crippen LogP contribution in [0.1, 0.15) is 27.7 Å². The molecule has 82 valence electrons. The van der Waals surface area contributed by atoms with E-state index in [1.54, 1.807) is 0 Å². The van der Waals surface area contributed by atoms with Crippen LogP contribution < -0.4 is 0 Å². The topological polar surface area (TPSA) is 27.7 Å². The molecule has 0 unspecified atom stereocenters. The maximum atomic E-state index is 5.22. The van der Waals surface area contributed by atoms with Crippen LogP contribution in [-0.2, 0) is 13.3 Å². The van der Waals surface area contributed by atoms with E-state index in [1.165, 1.54) is 0 Å². The van der Waals surface area contributed by atoms with Gasteiger partial charge in [0, 0.05) is 19.8 Å². The van der Waals surface area contributed by atoms with Gasteiger partial charge in [-0.25, -0.2) is 0 Å². The molecule has 0 aromatic rings. The quantitative estimate of drug-likeness (QED) is 0.552. The van der Waals surface area contributed by atoms with E-state index in [0.29, 0.717) is 19.8 Å². The van der Waals surface area contributed by atoms with Gasteiger partial charge >= 0.3 is 9.53 Å². The lowest BCUT2D eigenvalue weighted by atomic mass is 10.9. The monoisotopic (exact) mass is 226 g/mol. The molecule has 0 atom stereocenters. The smallest absolute Gasteiger partial charge is 0.376 e. The van der Waals surface area contributed by atoms with E-state index < -0.39 is 9.53 Å². The van der Waals surface area contributed by atoms with Crippen molar-refractivity contribution in [1.82, 2.24) is 0 Å². The van der Waals surface area contributed by atoms with Crippen molar-refractivity contribution in [2.75, 3.05) is 25.6 Å². The van der Waals surface area contributed by atoms with E-state index in [4.69, 9.17) is 13.3 Å². The number of thiol groups is 1. The van der Waals surface area contributed by atoms with Crippen LogP contribution in [0.5, 0.6) is 0 Å². The van der Waals surface area contributed by atoms with Crippen molar-refractivity contribution in [2.45, 2.75) is 27.7 Å². The predicted molar refractivity (Wildman–Crippen MR) is 61.6 cm³/mol. The van der Waals surface area contributed by atoms with Gasteiger partial charge in [-0.1, -0.05) is 6.92 Å². The van der Waals surface area contributed by atoms with E-state index in [2.05, 4.69) is 12.6 Å². The molecule has 0 saturated heterocycles. The number of hydrogen-bond donors (Lipinski definition) is 1. The average molecular weight is 226 g/mol. The van der Waals surface area contributed by atoms with E-state index in [1.807, 2.05) is 27.7 Å². The Labute approximate surface area is 89.1 Å². The molecule has 0 amide bonds. The van der Waals surface area contributed by atoms with Gasteiger partial charge in [-0.3, -0.25) is 0 Å². The second-order valence-corrected chi connectivity index (χ2v) is 4.18. The summed E-state index contributed by atoms with van der Waals surface area (Å²) >= 11 is 3.79. The fourth-order valence-electron chi connectivity index (χ4n) is 0.553. The van der Waals surface area contributed by atoms with Crippen molar-refractivity contribution < 1.29 is 13.3 Å². The first-order chi connectivity index (χ1) is 6.26. The molecule has 0 rings (SSSR count). The molecule has 0 N–H and O–H groups in total. The minimum Gasteiger partial charge on any atom is -0.376 e. The summed E-state index contributed by atoms with van der Waals surface area (Å²) < 4.78 is 15.7.